The smallest absolute Gasteiger partial charge is 0.246 e. The maximum Gasteiger partial charge on any atom is 0.246 e. The molecule has 0 fully saturated rings. The van der Waals surface area contributed by atoms with Gasteiger partial charge in [-0.1, -0.05) is 36.4 Å². The van der Waals surface area contributed by atoms with Gasteiger partial charge in [0, 0.05) is 25.0 Å². The van der Waals surface area contributed by atoms with Gasteiger partial charge in [-0.2, -0.15) is 0 Å². The zero-order chi connectivity index (χ0) is 15.5. The number of anilines is 2. The standard InChI is InChI=1S/C18H18N2O2/c1-19(15-7-3-2-4-8-15)18(22)12-20-11-14(13-21)16-9-5-6-10-17(16)20/h2-10,13-14H,11-12H2,1H3. The van der Waals surface area contributed by atoms with Crippen molar-refractivity contribution < 1.29 is 9.59 Å². The highest BCUT2D eigenvalue weighted by atomic mass is 16.2. The molecule has 1 unspecified atom stereocenters. The van der Waals surface area contributed by atoms with Gasteiger partial charge in [0.05, 0.1) is 12.5 Å². The minimum atomic E-state index is -0.147. The van der Waals surface area contributed by atoms with Crippen LogP contribution in [0.2, 0.25) is 0 Å². The first-order valence-corrected chi connectivity index (χ1v) is 7.31. The summed E-state index contributed by atoms with van der Waals surface area (Å²) >= 11 is 0. The molecule has 0 N–H and O–H groups in total. The van der Waals surface area contributed by atoms with E-state index >= 15 is 0 Å². The molecular formula is C18H18N2O2. The van der Waals surface area contributed by atoms with Crippen LogP contribution in [-0.2, 0) is 9.59 Å². The second kappa shape index (κ2) is 6.02. The quantitative estimate of drug-likeness (QED) is 0.813. The van der Waals surface area contributed by atoms with E-state index in [-0.39, 0.29) is 18.4 Å². The number of carbonyl (C=O) groups excluding carboxylic acids is 2. The summed E-state index contributed by atoms with van der Waals surface area (Å²) in [6.07, 6.45) is 0.963. The van der Waals surface area contributed by atoms with Crippen LogP contribution in [0.25, 0.3) is 0 Å². The van der Waals surface area contributed by atoms with E-state index in [0.717, 1.165) is 23.2 Å². The van der Waals surface area contributed by atoms with Gasteiger partial charge in [0.1, 0.15) is 6.29 Å². The Hall–Kier alpha value is -2.62. The number of rotatable bonds is 4. The topological polar surface area (TPSA) is 40.6 Å². The van der Waals surface area contributed by atoms with Crippen LogP contribution in [0.3, 0.4) is 0 Å². The number of benzene rings is 2. The molecule has 22 heavy (non-hydrogen) atoms. The molecular weight excluding hydrogens is 276 g/mol. The molecule has 1 heterocycles. The normalized spacial score (nSPS) is 16.2. The van der Waals surface area contributed by atoms with Crippen molar-refractivity contribution in [2.24, 2.45) is 0 Å². The molecule has 4 nitrogen and oxygen atoms in total. The first-order valence-electron chi connectivity index (χ1n) is 7.31. The summed E-state index contributed by atoms with van der Waals surface area (Å²) in [7, 11) is 1.77. The third-order valence-corrected chi connectivity index (χ3v) is 4.10. The number of hydrogen-bond acceptors (Lipinski definition) is 3. The molecule has 2 aromatic rings. The molecule has 3 rings (SSSR count). The highest BCUT2D eigenvalue weighted by molar-refractivity contribution is 5.96. The molecule has 112 valence electrons. The van der Waals surface area contributed by atoms with E-state index in [1.165, 1.54) is 0 Å². The first-order chi connectivity index (χ1) is 10.7. The van der Waals surface area contributed by atoms with Crippen molar-refractivity contribution in [2.45, 2.75) is 5.92 Å². The first kappa shape index (κ1) is 14.3. The fourth-order valence-electron chi connectivity index (χ4n) is 2.85. The highest BCUT2D eigenvalue weighted by Gasteiger charge is 2.29. The lowest BCUT2D eigenvalue weighted by Crippen LogP contribution is -2.38. The molecule has 0 saturated carbocycles. The maximum absolute atomic E-state index is 12.5. The number of fused-ring (bicyclic) bond motifs is 1. The van der Waals surface area contributed by atoms with Crippen molar-refractivity contribution in [3.8, 4) is 0 Å². The van der Waals surface area contributed by atoms with Gasteiger partial charge in [0.15, 0.2) is 0 Å². The summed E-state index contributed by atoms with van der Waals surface area (Å²) < 4.78 is 0. The molecule has 0 saturated heterocycles. The summed E-state index contributed by atoms with van der Waals surface area (Å²) in [6, 6.07) is 17.3. The average molecular weight is 294 g/mol. The molecule has 1 aliphatic rings. The Kier molecular flexibility index (Phi) is 3.92. The van der Waals surface area contributed by atoms with E-state index in [4.69, 9.17) is 0 Å². The summed E-state index contributed by atoms with van der Waals surface area (Å²) in [5.74, 6) is -0.140. The molecule has 1 aliphatic heterocycles. The number of hydrogen-bond donors (Lipinski definition) is 0. The van der Waals surface area contributed by atoms with E-state index in [1.54, 1.807) is 11.9 Å². The predicted octanol–water partition coefficient (Wildman–Crippen LogP) is 2.45. The summed E-state index contributed by atoms with van der Waals surface area (Å²) in [5.41, 5.74) is 2.86. The second-order valence-electron chi connectivity index (χ2n) is 5.47. The minimum Gasteiger partial charge on any atom is -0.361 e. The molecule has 0 spiro atoms. The number of nitrogens with zero attached hydrogens (tertiary/aromatic N) is 2. The van der Waals surface area contributed by atoms with Gasteiger partial charge in [0.2, 0.25) is 5.91 Å². The molecule has 4 heteroatoms. The fourth-order valence-corrected chi connectivity index (χ4v) is 2.85. The van der Waals surface area contributed by atoms with E-state index < -0.39 is 0 Å². The van der Waals surface area contributed by atoms with Gasteiger partial charge in [-0.15, -0.1) is 0 Å². The van der Waals surface area contributed by atoms with Crippen LogP contribution in [0.15, 0.2) is 54.6 Å². The van der Waals surface area contributed by atoms with E-state index in [2.05, 4.69) is 0 Å². The van der Waals surface area contributed by atoms with Crippen molar-refractivity contribution in [1.29, 1.82) is 0 Å². The molecule has 0 bridgehead atoms. The van der Waals surface area contributed by atoms with Crippen molar-refractivity contribution in [3.05, 3.63) is 60.2 Å². The molecule has 0 radical (unpaired) electrons. The lowest BCUT2D eigenvalue weighted by atomic mass is 10.0. The largest absolute Gasteiger partial charge is 0.361 e. The van der Waals surface area contributed by atoms with Crippen molar-refractivity contribution in [1.82, 2.24) is 0 Å². The van der Waals surface area contributed by atoms with E-state index in [0.29, 0.717) is 6.54 Å². The summed E-state index contributed by atoms with van der Waals surface area (Å²) in [4.78, 5) is 27.4. The fraction of sp³-hybridized carbons (Fsp3) is 0.222. The number of para-hydroxylation sites is 2. The van der Waals surface area contributed by atoms with Gasteiger partial charge in [-0.3, -0.25) is 4.79 Å². The van der Waals surface area contributed by atoms with Gasteiger partial charge in [0.25, 0.3) is 0 Å². The molecule has 0 aromatic heterocycles. The maximum atomic E-state index is 12.5. The van der Waals surface area contributed by atoms with E-state index in [9.17, 15) is 9.59 Å². The van der Waals surface area contributed by atoms with Crippen LogP contribution >= 0.6 is 0 Å². The number of likely N-dealkylation sites (N-methyl/N-ethyl adjacent to an activating group) is 1. The lowest BCUT2D eigenvalue weighted by molar-refractivity contribution is -0.117. The van der Waals surface area contributed by atoms with Crippen LogP contribution in [0.5, 0.6) is 0 Å². The Morgan fingerprint density at radius 1 is 1.18 bits per heavy atom. The summed E-state index contributed by atoms with van der Waals surface area (Å²) in [6.45, 7) is 0.837. The van der Waals surface area contributed by atoms with Crippen molar-refractivity contribution >= 4 is 23.6 Å². The van der Waals surface area contributed by atoms with Gasteiger partial charge in [-0.05, 0) is 23.8 Å². The number of aldehydes is 1. The van der Waals surface area contributed by atoms with E-state index in [1.807, 2.05) is 59.5 Å². The Balaban J connectivity index is 1.77. The second-order valence-corrected chi connectivity index (χ2v) is 5.47. The summed E-state index contributed by atoms with van der Waals surface area (Å²) in [5, 5.41) is 0. The Bertz CT molecular complexity index is 684. The molecule has 2 aromatic carbocycles. The van der Waals surface area contributed by atoms with Crippen molar-refractivity contribution in [2.75, 3.05) is 29.9 Å². The van der Waals surface area contributed by atoms with Crippen LogP contribution < -0.4 is 9.80 Å². The number of carbonyl (C=O) groups is 2. The zero-order valence-corrected chi connectivity index (χ0v) is 12.5. The van der Waals surface area contributed by atoms with Crippen LogP contribution in [0.4, 0.5) is 11.4 Å². The minimum absolute atomic E-state index is 0.00699. The number of amides is 1. The van der Waals surface area contributed by atoms with Crippen molar-refractivity contribution in [3.63, 3.8) is 0 Å². The average Bonchev–Trinajstić information content (AvgIpc) is 2.93. The SMILES string of the molecule is CN(C(=O)CN1CC(C=O)c2ccccc21)c1ccccc1. The zero-order valence-electron chi connectivity index (χ0n) is 12.5. The van der Waals surface area contributed by atoms with Gasteiger partial charge in [-0.25, -0.2) is 0 Å². The van der Waals surface area contributed by atoms with Crippen LogP contribution in [-0.4, -0.2) is 32.3 Å². The monoisotopic (exact) mass is 294 g/mol. The molecule has 1 amide bonds. The van der Waals surface area contributed by atoms with Crippen LogP contribution in [0.1, 0.15) is 11.5 Å². The molecule has 1 atom stereocenters. The predicted molar refractivity (Wildman–Crippen MR) is 87.3 cm³/mol. The van der Waals surface area contributed by atoms with Gasteiger partial charge >= 0.3 is 0 Å². The third-order valence-electron chi connectivity index (χ3n) is 4.10. The Labute approximate surface area is 130 Å². The highest BCUT2D eigenvalue weighted by Crippen LogP contribution is 2.34. The van der Waals surface area contributed by atoms with Gasteiger partial charge < -0.3 is 14.6 Å². The third kappa shape index (κ3) is 2.60. The Morgan fingerprint density at radius 3 is 2.59 bits per heavy atom. The Morgan fingerprint density at radius 2 is 1.86 bits per heavy atom. The van der Waals surface area contributed by atoms with Crippen LogP contribution in [0, 0.1) is 0 Å². The lowest BCUT2D eigenvalue weighted by Gasteiger charge is -2.23. The molecule has 0 aliphatic carbocycles.